The molecule has 3 N–H and O–H groups in total. The zero-order valence-electron chi connectivity index (χ0n) is 12.5. The van der Waals surface area contributed by atoms with Crippen molar-refractivity contribution in [2.45, 2.75) is 25.2 Å². The first-order valence-corrected chi connectivity index (χ1v) is 7.47. The van der Waals surface area contributed by atoms with Crippen LogP contribution in [-0.4, -0.2) is 26.8 Å². The number of nitrogens with one attached hydrogen (secondary N) is 1. The van der Waals surface area contributed by atoms with E-state index in [1.807, 2.05) is 24.3 Å². The lowest BCUT2D eigenvalue weighted by Gasteiger charge is -2.16. The molecule has 1 fully saturated rings. The second kappa shape index (κ2) is 4.35. The summed E-state index contributed by atoms with van der Waals surface area (Å²) >= 11 is 0. The minimum Gasteiger partial charge on any atom is -0.504 e. The van der Waals surface area contributed by atoms with Crippen LogP contribution in [0.2, 0.25) is 0 Å². The minimum atomic E-state index is -0.755. The smallest absolute Gasteiger partial charge is 0.232 e. The summed E-state index contributed by atoms with van der Waals surface area (Å²) in [6.45, 7) is 2.07. The highest BCUT2D eigenvalue weighted by Crippen LogP contribution is 2.51. The second-order valence-corrected chi connectivity index (χ2v) is 6.43. The lowest BCUT2D eigenvalue weighted by Crippen LogP contribution is -2.20. The fraction of sp³-hybridized carbons (Fsp3) is 0.222. The van der Waals surface area contributed by atoms with Gasteiger partial charge in [0, 0.05) is 33.7 Å². The van der Waals surface area contributed by atoms with Crippen molar-refractivity contribution in [2.24, 2.45) is 0 Å². The highest BCUT2D eigenvalue weighted by molar-refractivity contribution is 6.38. The van der Waals surface area contributed by atoms with E-state index in [1.165, 1.54) is 0 Å². The molecule has 0 atom stereocenters. The summed E-state index contributed by atoms with van der Waals surface area (Å²) < 4.78 is 0. The van der Waals surface area contributed by atoms with E-state index in [4.69, 9.17) is 0 Å². The van der Waals surface area contributed by atoms with Gasteiger partial charge in [-0.1, -0.05) is 25.1 Å². The second-order valence-electron chi connectivity index (χ2n) is 6.43. The Morgan fingerprint density at radius 3 is 2.52 bits per heavy atom. The number of H-pyrrole nitrogens is 1. The van der Waals surface area contributed by atoms with Gasteiger partial charge in [0.2, 0.25) is 11.6 Å². The van der Waals surface area contributed by atoms with E-state index in [-0.39, 0.29) is 11.0 Å². The third kappa shape index (κ3) is 1.86. The number of aliphatic hydroxyl groups is 2. The number of allylic oxidation sites excluding steroid dienone is 2. The van der Waals surface area contributed by atoms with E-state index < -0.39 is 23.1 Å². The van der Waals surface area contributed by atoms with E-state index in [0.29, 0.717) is 5.56 Å². The average Bonchev–Trinajstić information content (AvgIpc) is 3.15. The van der Waals surface area contributed by atoms with Gasteiger partial charge in [0.1, 0.15) is 0 Å². The van der Waals surface area contributed by atoms with Gasteiger partial charge in [0.15, 0.2) is 11.5 Å². The summed E-state index contributed by atoms with van der Waals surface area (Å²) in [6.07, 6.45) is 2.68. The summed E-state index contributed by atoms with van der Waals surface area (Å²) in [4.78, 5) is 27.6. The third-order valence-electron chi connectivity index (χ3n) is 4.76. The molecule has 1 heterocycles. The van der Waals surface area contributed by atoms with Gasteiger partial charge in [-0.25, -0.2) is 0 Å². The fourth-order valence-corrected chi connectivity index (χ4v) is 3.14. The van der Waals surface area contributed by atoms with E-state index in [2.05, 4.69) is 11.9 Å². The standard InChI is InChI=1S/C18H15NO4/c1-18(6-7-18)17-13(9-4-2-3-5-10(9)19-17)14-15(22)11(20)8-12(21)16(14)23/h2-5,8,19-20,23H,6-7H2,1H3. The Bertz CT molecular complexity index is 941. The Hall–Kier alpha value is -2.82. The van der Waals surface area contributed by atoms with Crippen molar-refractivity contribution in [1.82, 2.24) is 4.98 Å². The molecular formula is C18H15NO4. The van der Waals surface area contributed by atoms with Crippen LogP contribution in [0.25, 0.3) is 16.5 Å². The number of carbonyl (C=O) groups is 2. The molecular weight excluding hydrogens is 294 g/mol. The molecule has 1 saturated carbocycles. The molecule has 1 aromatic carbocycles. The van der Waals surface area contributed by atoms with Gasteiger partial charge in [-0.2, -0.15) is 0 Å². The SMILES string of the molecule is CC1(c2[nH]c3ccccc3c2C2=C(O)C(=O)C=C(O)C2=O)CC1. The number of carbonyl (C=O) groups excluding carboxylic acids is 2. The lowest BCUT2D eigenvalue weighted by atomic mass is 9.88. The van der Waals surface area contributed by atoms with Crippen LogP contribution in [0.1, 0.15) is 31.0 Å². The third-order valence-corrected chi connectivity index (χ3v) is 4.76. The van der Waals surface area contributed by atoms with Crippen molar-refractivity contribution in [3.05, 3.63) is 53.1 Å². The van der Waals surface area contributed by atoms with Crippen LogP contribution in [0, 0.1) is 0 Å². The van der Waals surface area contributed by atoms with Crippen LogP contribution in [-0.2, 0) is 15.0 Å². The van der Waals surface area contributed by atoms with Gasteiger partial charge in [0.25, 0.3) is 0 Å². The number of benzene rings is 1. The molecule has 0 amide bonds. The number of hydrogen-bond donors (Lipinski definition) is 3. The Kier molecular flexibility index (Phi) is 2.61. The highest BCUT2D eigenvalue weighted by Gasteiger charge is 2.45. The molecule has 5 nitrogen and oxygen atoms in total. The maximum absolute atomic E-state index is 12.4. The van der Waals surface area contributed by atoms with Crippen LogP contribution in [0.15, 0.2) is 41.9 Å². The number of ketones is 2. The number of fused-ring (bicyclic) bond motifs is 1. The van der Waals surface area contributed by atoms with Crippen LogP contribution in [0.3, 0.4) is 0 Å². The molecule has 0 radical (unpaired) electrons. The molecule has 1 aromatic heterocycles. The quantitative estimate of drug-likeness (QED) is 0.744. The summed E-state index contributed by atoms with van der Waals surface area (Å²) in [5.41, 5.74) is 1.96. The van der Waals surface area contributed by atoms with Crippen molar-refractivity contribution in [3.63, 3.8) is 0 Å². The molecule has 0 spiro atoms. The Morgan fingerprint density at radius 1 is 1.13 bits per heavy atom. The molecule has 0 unspecified atom stereocenters. The summed E-state index contributed by atoms with van der Waals surface area (Å²) in [7, 11) is 0. The van der Waals surface area contributed by atoms with E-state index in [9.17, 15) is 19.8 Å². The van der Waals surface area contributed by atoms with Gasteiger partial charge in [-0.15, -0.1) is 0 Å². The highest BCUT2D eigenvalue weighted by atomic mass is 16.3. The number of aliphatic hydroxyl groups excluding tert-OH is 2. The van der Waals surface area contributed by atoms with Gasteiger partial charge in [-0.3, -0.25) is 9.59 Å². The monoisotopic (exact) mass is 309 g/mol. The van der Waals surface area contributed by atoms with Crippen molar-refractivity contribution in [1.29, 1.82) is 0 Å². The molecule has 4 rings (SSSR count). The number of aromatic nitrogens is 1. The molecule has 0 saturated heterocycles. The number of hydrogen-bond acceptors (Lipinski definition) is 4. The lowest BCUT2D eigenvalue weighted by molar-refractivity contribution is -0.117. The first-order valence-electron chi connectivity index (χ1n) is 7.47. The number of para-hydroxylation sites is 1. The topological polar surface area (TPSA) is 90.4 Å². The predicted molar refractivity (Wildman–Crippen MR) is 85.2 cm³/mol. The Morgan fingerprint density at radius 2 is 1.83 bits per heavy atom. The molecule has 5 heteroatoms. The number of rotatable bonds is 2. The molecule has 2 aliphatic rings. The molecule has 0 bridgehead atoms. The Balaban J connectivity index is 2.07. The molecule has 0 aliphatic heterocycles. The first-order chi connectivity index (χ1) is 10.9. The van der Waals surface area contributed by atoms with E-state index in [1.54, 1.807) is 0 Å². The van der Waals surface area contributed by atoms with Crippen molar-refractivity contribution < 1.29 is 19.8 Å². The van der Waals surface area contributed by atoms with Crippen molar-refractivity contribution in [3.8, 4) is 0 Å². The van der Waals surface area contributed by atoms with Gasteiger partial charge < -0.3 is 15.2 Å². The first kappa shape index (κ1) is 13.8. The summed E-state index contributed by atoms with van der Waals surface area (Å²) in [6, 6.07) is 7.43. The van der Waals surface area contributed by atoms with E-state index >= 15 is 0 Å². The summed E-state index contributed by atoms with van der Waals surface area (Å²) in [5, 5.41) is 20.7. The normalized spacial score (nSPS) is 20.1. The van der Waals surface area contributed by atoms with Crippen molar-refractivity contribution >= 4 is 28.0 Å². The zero-order valence-corrected chi connectivity index (χ0v) is 12.5. The summed E-state index contributed by atoms with van der Waals surface area (Å²) in [5.74, 6) is -2.73. The number of Topliss-reactive ketones (excluding diaryl/α,β-unsaturated/α-hetero) is 1. The van der Waals surface area contributed by atoms with Crippen LogP contribution in [0.4, 0.5) is 0 Å². The zero-order chi connectivity index (χ0) is 16.4. The maximum Gasteiger partial charge on any atom is 0.232 e. The van der Waals surface area contributed by atoms with E-state index in [0.717, 1.165) is 35.5 Å². The maximum atomic E-state index is 12.4. The molecule has 23 heavy (non-hydrogen) atoms. The van der Waals surface area contributed by atoms with Crippen molar-refractivity contribution in [2.75, 3.05) is 0 Å². The van der Waals surface area contributed by atoms with Gasteiger partial charge >= 0.3 is 0 Å². The minimum absolute atomic E-state index is 0.109. The largest absolute Gasteiger partial charge is 0.504 e. The Labute approximate surface area is 131 Å². The van der Waals surface area contributed by atoms with Crippen LogP contribution >= 0.6 is 0 Å². The average molecular weight is 309 g/mol. The van der Waals surface area contributed by atoms with Crippen LogP contribution < -0.4 is 0 Å². The molecule has 116 valence electrons. The number of aromatic amines is 1. The predicted octanol–water partition coefficient (Wildman–Crippen LogP) is 3.08. The fourth-order valence-electron chi connectivity index (χ4n) is 3.14. The van der Waals surface area contributed by atoms with Gasteiger partial charge in [-0.05, 0) is 18.9 Å². The molecule has 2 aliphatic carbocycles. The van der Waals surface area contributed by atoms with Crippen LogP contribution in [0.5, 0.6) is 0 Å². The molecule has 2 aromatic rings. The van der Waals surface area contributed by atoms with Gasteiger partial charge in [0.05, 0.1) is 5.57 Å².